The molecule has 4 heterocycles. The topological polar surface area (TPSA) is 149 Å². The Labute approximate surface area is 401 Å². The number of nitrogens with one attached hydrogen (secondary N) is 3. The fourth-order valence-corrected chi connectivity index (χ4v) is 10.2. The molecule has 5 aromatic rings. The third kappa shape index (κ3) is 12.1. The highest BCUT2D eigenvalue weighted by Gasteiger charge is 2.45. The molecule has 2 aliphatic heterocycles. The summed E-state index contributed by atoms with van der Waals surface area (Å²) < 4.78 is 58.7. The van der Waals surface area contributed by atoms with Gasteiger partial charge in [-0.2, -0.15) is 0 Å². The van der Waals surface area contributed by atoms with Crippen molar-refractivity contribution in [1.29, 1.82) is 0 Å². The number of aromatic nitrogens is 2. The number of carbonyl (C=O) groups is 3. The monoisotopic (exact) mass is 958 g/mol. The molecule has 5 atom stereocenters. The van der Waals surface area contributed by atoms with Crippen molar-refractivity contribution in [3.63, 3.8) is 0 Å². The quantitative estimate of drug-likeness (QED) is 0.0601. The van der Waals surface area contributed by atoms with Gasteiger partial charge in [-0.25, -0.2) is 18.2 Å². The number of β-amino-alcohol motifs (C(OH)–C–C–N with tert-alkyl or cyclic N) is 1. The lowest BCUT2D eigenvalue weighted by molar-refractivity contribution is -0.144. The second-order valence-corrected chi connectivity index (χ2v) is 20.8. The molecule has 1 saturated heterocycles. The number of benzene rings is 3. The van der Waals surface area contributed by atoms with Gasteiger partial charge < -0.3 is 35.1 Å². The zero-order chi connectivity index (χ0) is 48.9. The number of amides is 3. The van der Waals surface area contributed by atoms with Gasteiger partial charge in [0.2, 0.25) is 17.7 Å². The fourth-order valence-electron chi connectivity index (χ4n) is 9.40. The highest BCUT2D eigenvalue weighted by Crippen LogP contribution is 2.44. The standard InChI is InChI=1S/C52H65F3N6O6S/c1-31-22-38-37-14-10-11-15-41(37)58-45(38)46(61(31)29-52(6,7)55)44-39(53)24-36(25-40(44)54)67-21-13-9-8-12-20-66-28-43(63)59-48(51(3,4)5)50(65)60-27-35(62)23-42(60)49(64)56-26-33-16-18-34(19-17-33)47-32(2)57-30-68-47/h10-11,14-19,24-25,30-31,35,42,46,48,58,62H,8-9,12-13,20-23,26-29H2,1-7H3,(H,56,64)(H,59,63)/t31-,35-,42+,46-,48?/m1/s1. The Kier molecular flexibility index (Phi) is 16.0. The predicted octanol–water partition coefficient (Wildman–Crippen LogP) is 8.73. The summed E-state index contributed by atoms with van der Waals surface area (Å²) in [6.07, 6.45) is 2.56. The van der Waals surface area contributed by atoms with Crippen LogP contribution in [0, 0.1) is 24.0 Å². The van der Waals surface area contributed by atoms with Crippen LogP contribution >= 0.6 is 11.3 Å². The van der Waals surface area contributed by atoms with Crippen LogP contribution in [-0.4, -0.2) is 105 Å². The van der Waals surface area contributed by atoms with Gasteiger partial charge in [0.1, 0.15) is 41.7 Å². The van der Waals surface area contributed by atoms with Crippen molar-refractivity contribution in [2.45, 2.75) is 129 Å². The van der Waals surface area contributed by atoms with Gasteiger partial charge in [0.25, 0.3) is 0 Å². The molecule has 0 bridgehead atoms. The zero-order valence-corrected chi connectivity index (χ0v) is 40.9. The van der Waals surface area contributed by atoms with E-state index in [4.69, 9.17) is 9.47 Å². The third-order valence-electron chi connectivity index (χ3n) is 12.8. The van der Waals surface area contributed by atoms with Crippen molar-refractivity contribution in [1.82, 2.24) is 30.4 Å². The molecular formula is C52H65F3N6O6S. The summed E-state index contributed by atoms with van der Waals surface area (Å²) in [5.74, 6) is -2.77. The maximum Gasteiger partial charge on any atom is 0.246 e. The van der Waals surface area contributed by atoms with E-state index < -0.39 is 58.8 Å². The number of hydrogen-bond donors (Lipinski definition) is 4. The first-order valence-electron chi connectivity index (χ1n) is 23.6. The van der Waals surface area contributed by atoms with Gasteiger partial charge in [-0.05, 0) is 81.5 Å². The minimum atomic E-state index is -1.60. The van der Waals surface area contributed by atoms with Crippen molar-refractivity contribution in [3.8, 4) is 16.2 Å². The number of aromatic amines is 1. The molecule has 3 aromatic carbocycles. The summed E-state index contributed by atoms with van der Waals surface area (Å²) >= 11 is 1.56. The van der Waals surface area contributed by atoms with E-state index in [2.05, 4.69) is 20.6 Å². The maximum atomic E-state index is 16.1. The van der Waals surface area contributed by atoms with E-state index in [0.29, 0.717) is 31.6 Å². The second kappa shape index (κ2) is 21.6. The number of halogens is 3. The minimum Gasteiger partial charge on any atom is -0.493 e. The largest absolute Gasteiger partial charge is 0.493 e. The number of fused-ring (bicyclic) bond motifs is 3. The van der Waals surface area contributed by atoms with E-state index in [-0.39, 0.29) is 62.5 Å². The lowest BCUT2D eigenvalue weighted by Crippen LogP contribution is -2.58. The summed E-state index contributed by atoms with van der Waals surface area (Å²) in [4.78, 5) is 52.5. The van der Waals surface area contributed by atoms with Crippen LogP contribution in [0.3, 0.4) is 0 Å². The minimum absolute atomic E-state index is 0.0106. The molecule has 12 nitrogen and oxygen atoms in total. The smallest absolute Gasteiger partial charge is 0.246 e. The predicted molar refractivity (Wildman–Crippen MR) is 258 cm³/mol. The highest BCUT2D eigenvalue weighted by molar-refractivity contribution is 7.13. The molecular weight excluding hydrogens is 894 g/mol. The van der Waals surface area contributed by atoms with Crippen LogP contribution in [-0.2, 0) is 32.1 Å². The van der Waals surface area contributed by atoms with E-state index in [9.17, 15) is 19.5 Å². The van der Waals surface area contributed by atoms with Crippen molar-refractivity contribution in [3.05, 3.63) is 106 Å². The number of hydrogen-bond acceptors (Lipinski definition) is 9. The van der Waals surface area contributed by atoms with Crippen molar-refractivity contribution in [2.75, 3.05) is 32.9 Å². The van der Waals surface area contributed by atoms with Crippen LogP contribution in [0.5, 0.6) is 5.75 Å². The summed E-state index contributed by atoms with van der Waals surface area (Å²) in [7, 11) is 0. The van der Waals surface area contributed by atoms with Gasteiger partial charge >= 0.3 is 0 Å². The van der Waals surface area contributed by atoms with Crippen molar-refractivity contribution < 1.29 is 42.1 Å². The Bertz CT molecular complexity index is 2530. The van der Waals surface area contributed by atoms with Gasteiger partial charge in [0.15, 0.2) is 0 Å². The number of aryl methyl sites for hydroxylation is 1. The van der Waals surface area contributed by atoms with Gasteiger partial charge in [-0.15, -0.1) is 11.3 Å². The number of nitrogens with zero attached hydrogens (tertiary/aromatic N) is 3. The van der Waals surface area contributed by atoms with E-state index in [1.807, 2.05) is 88.0 Å². The SMILES string of the molecule is Cc1ncsc1-c1ccc(CNC(=O)[C@@H]2C[C@@H](O)CN2C(=O)C(NC(=O)COCCCCCCOc2cc(F)c([C@@H]3c4[nH]c5ccccc5c4C[C@@H](C)N3CC(C)(C)F)c(F)c2)C(C)(C)C)cc1. The lowest BCUT2D eigenvalue weighted by Gasteiger charge is -2.43. The molecule has 1 fully saturated rings. The van der Waals surface area contributed by atoms with Crippen molar-refractivity contribution >= 4 is 40.0 Å². The van der Waals surface area contributed by atoms with Crippen LogP contribution in [0.25, 0.3) is 21.3 Å². The maximum absolute atomic E-state index is 16.1. The van der Waals surface area contributed by atoms with Gasteiger partial charge in [0, 0.05) is 73.0 Å². The Morgan fingerprint density at radius 2 is 1.68 bits per heavy atom. The van der Waals surface area contributed by atoms with E-state index >= 15 is 13.2 Å². The Hall–Kier alpha value is -5.29. The molecule has 7 rings (SSSR count). The molecule has 68 heavy (non-hydrogen) atoms. The fraction of sp³-hybridized carbons (Fsp3) is 0.500. The number of rotatable bonds is 19. The number of aliphatic hydroxyl groups excluding tert-OH is 1. The van der Waals surface area contributed by atoms with E-state index in [0.717, 1.165) is 51.0 Å². The lowest BCUT2D eigenvalue weighted by atomic mass is 9.85. The number of para-hydroxylation sites is 1. The molecule has 0 aliphatic carbocycles. The number of thiazole rings is 1. The molecule has 0 spiro atoms. The van der Waals surface area contributed by atoms with Crippen LogP contribution < -0.4 is 15.4 Å². The molecule has 3 amide bonds. The molecule has 0 saturated carbocycles. The summed E-state index contributed by atoms with van der Waals surface area (Å²) in [6.45, 7) is 12.8. The third-order valence-corrected chi connectivity index (χ3v) is 13.8. The normalized spacial score (nSPS) is 19.2. The molecule has 2 aromatic heterocycles. The van der Waals surface area contributed by atoms with Gasteiger partial charge in [0.05, 0.1) is 34.8 Å². The first kappa shape index (κ1) is 50.6. The van der Waals surface area contributed by atoms with Crippen molar-refractivity contribution in [2.24, 2.45) is 5.41 Å². The number of carbonyl (C=O) groups excluding carboxylic acids is 3. The molecule has 16 heteroatoms. The molecule has 1 unspecified atom stereocenters. The number of H-pyrrole nitrogens is 1. The Balaban J connectivity index is 0.844. The molecule has 0 radical (unpaired) electrons. The number of unbranched alkanes of at least 4 members (excludes halogenated alkanes) is 3. The molecule has 2 aliphatic rings. The van der Waals surface area contributed by atoms with Crippen LogP contribution in [0.15, 0.2) is 66.2 Å². The average molecular weight is 959 g/mol. The van der Waals surface area contributed by atoms with Crippen LogP contribution in [0.2, 0.25) is 0 Å². The second-order valence-electron chi connectivity index (χ2n) is 20.0. The van der Waals surface area contributed by atoms with Crippen LogP contribution in [0.1, 0.15) is 108 Å². The first-order chi connectivity index (χ1) is 32.3. The summed E-state index contributed by atoms with van der Waals surface area (Å²) in [6, 6.07) is 15.1. The van der Waals surface area contributed by atoms with Crippen LogP contribution in [0.4, 0.5) is 13.2 Å². The Morgan fingerprint density at radius 3 is 2.34 bits per heavy atom. The zero-order valence-electron chi connectivity index (χ0n) is 40.1. The number of ether oxygens (including phenoxy) is 2. The molecule has 366 valence electrons. The van der Waals surface area contributed by atoms with E-state index in [1.54, 1.807) is 16.8 Å². The number of aliphatic hydroxyl groups is 1. The average Bonchev–Trinajstić information content (AvgIpc) is 4.00. The number of likely N-dealkylation sites (tertiary alicyclic amines) is 1. The van der Waals surface area contributed by atoms with E-state index in [1.165, 1.54) is 30.9 Å². The van der Waals surface area contributed by atoms with Gasteiger partial charge in [-0.1, -0.05) is 69.7 Å². The van der Waals surface area contributed by atoms with Gasteiger partial charge in [-0.3, -0.25) is 19.3 Å². The number of alkyl halides is 1. The molecule has 4 N–H and O–H groups in total. The highest BCUT2D eigenvalue weighted by atomic mass is 32.1. The summed E-state index contributed by atoms with van der Waals surface area (Å²) in [5.41, 5.74) is 4.73. The Morgan fingerprint density at radius 1 is 0.985 bits per heavy atom. The summed E-state index contributed by atoms with van der Waals surface area (Å²) in [5, 5.41) is 17.3. The first-order valence-corrected chi connectivity index (χ1v) is 24.5.